The first-order valence-electron chi connectivity index (χ1n) is 13.5. The van der Waals surface area contributed by atoms with Crippen molar-refractivity contribution < 1.29 is 19.1 Å². The second-order valence-electron chi connectivity index (χ2n) is 10.2. The number of anilines is 1. The summed E-state index contributed by atoms with van der Waals surface area (Å²) in [6.07, 6.45) is 3.41. The molecule has 5 rings (SSSR count). The first-order chi connectivity index (χ1) is 20.2. The lowest BCUT2D eigenvalue weighted by molar-refractivity contribution is -0.121. The van der Waals surface area contributed by atoms with Gasteiger partial charge in [0.15, 0.2) is 0 Å². The van der Waals surface area contributed by atoms with Gasteiger partial charge in [0.05, 0.1) is 20.8 Å². The Morgan fingerprint density at radius 3 is 2.37 bits per heavy atom. The summed E-state index contributed by atoms with van der Waals surface area (Å²) in [5, 5.41) is 0.879. The van der Waals surface area contributed by atoms with Crippen LogP contribution < -0.4 is 14.4 Å². The zero-order valence-corrected chi connectivity index (χ0v) is 26.6. The van der Waals surface area contributed by atoms with Crippen LogP contribution in [0.15, 0.2) is 79.1 Å². The summed E-state index contributed by atoms with van der Waals surface area (Å²) in [5.41, 5.74) is 2.98. The molecule has 7 nitrogen and oxygen atoms in total. The van der Waals surface area contributed by atoms with Crippen molar-refractivity contribution >= 4 is 53.1 Å². The molecule has 1 unspecified atom stereocenters. The van der Waals surface area contributed by atoms with E-state index in [1.54, 1.807) is 72.8 Å². The van der Waals surface area contributed by atoms with Crippen LogP contribution in [0.2, 0.25) is 10.0 Å². The summed E-state index contributed by atoms with van der Waals surface area (Å²) in [5.74, 6) is 0.908. The molecule has 2 amide bonds. The Balaban J connectivity index is 0.00000423. The summed E-state index contributed by atoms with van der Waals surface area (Å²) in [6, 6.07) is 19.8. The van der Waals surface area contributed by atoms with Crippen molar-refractivity contribution in [3.8, 4) is 11.5 Å². The predicted molar refractivity (Wildman–Crippen MR) is 172 cm³/mol. The molecule has 10 heteroatoms. The Bertz CT molecular complexity index is 1650. The summed E-state index contributed by atoms with van der Waals surface area (Å²) in [4.78, 5) is 35.7. The number of amides is 2. The fraction of sp³-hybridized carbons (Fsp3) is 0.242. The molecule has 2 heterocycles. The molecular weight excluding hydrogens is 609 g/mol. The number of nitrogens with zero attached hydrogens (tertiary/aromatic N) is 3. The van der Waals surface area contributed by atoms with Crippen molar-refractivity contribution in [2.45, 2.75) is 32.4 Å². The van der Waals surface area contributed by atoms with Crippen molar-refractivity contribution in [3.05, 3.63) is 117 Å². The minimum Gasteiger partial charge on any atom is -0.497 e. The number of aromatic nitrogens is 1. The fourth-order valence-corrected chi connectivity index (χ4v) is 5.95. The molecule has 43 heavy (non-hydrogen) atoms. The lowest BCUT2D eigenvalue weighted by Crippen LogP contribution is -2.39. The van der Waals surface area contributed by atoms with Crippen LogP contribution in [-0.2, 0) is 23.3 Å². The van der Waals surface area contributed by atoms with Gasteiger partial charge in [0, 0.05) is 58.4 Å². The molecule has 224 valence electrons. The van der Waals surface area contributed by atoms with Crippen molar-refractivity contribution in [3.63, 3.8) is 0 Å². The van der Waals surface area contributed by atoms with Crippen LogP contribution in [0.1, 0.15) is 46.5 Å². The van der Waals surface area contributed by atoms with Gasteiger partial charge in [-0.1, -0.05) is 23.2 Å². The summed E-state index contributed by atoms with van der Waals surface area (Å²) < 4.78 is 10.9. The molecular formula is C33H32Cl3N3O4. The number of carbonyl (C=O) groups is 2. The highest BCUT2D eigenvalue weighted by molar-refractivity contribution is 6.33. The molecule has 0 N–H and O–H groups in total. The Morgan fingerprint density at radius 2 is 1.70 bits per heavy atom. The van der Waals surface area contributed by atoms with Crippen LogP contribution in [0.5, 0.6) is 11.5 Å². The number of halogens is 3. The number of rotatable bonds is 9. The first kappa shape index (κ1) is 32.1. The third-order valence-electron chi connectivity index (χ3n) is 7.83. The Kier molecular flexibility index (Phi) is 9.90. The van der Waals surface area contributed by atoms with Crippen LogP contribution in [0.3, 0.4) is 0 Å². The first-order valence-corrected chi connectivity index (χ1v) is 14.3. The lowest BCUT2D eigenvalue weighted by Gasteiger charge is -2.28. The van der Waals surface area contributed by atoms with Gasteiger partial charge in [-0.3, -0.25) is 14.6 Å². The van der Waals surface area contributed by atoms with Gasteiger partial charge in [-0.25, -0.2) is 0 Å². The van der Waals surface area contributed by atoms with E-state index in [0.29, 0.717) is 57.0 Å². The molecule has 3 aromatic carbocycles. The second kappa shape index (κ2) is 13.2. The van der Waals surface area contributed by atoms with E-state index < -0.39 is 5.41 Å². The van der Waals surface area contributed by atoms with Gasteiger partial charge in [0.2, 0.25) is 5.91 Å². The third kappa shape index (κ3) is 6.03. The minimum absolute atomic E-state index is 0. The molecule has 1 aliphatic rings. The van der Waals surface area contributed by atoms with Crippen molar-refractivity contribution in [1.29, 1.82) is 0 Å². The van der Waals surface area contributed by atoms with Gasteiger partial charge in [0.1, 0.15) is 16.9 Å². The molecule has 0 aliphatic carbocycles. The van der Waals surface area contributed by atoms with E-state index in [4.69, 9.17) is 32.7 Å². The van der Waals surface area contributed by atoms with Crippen molar-refractivity contribution in [2.75, 3.05) is 25.7 Å². The molecule has 0 bridgehead atoms. The standard InChI is InChI=1S/C33H31Cl2N3O4.ClH/c1-5-37(19-21-12-14-36-15-13-21)31(39)22-7-10-28(35)26(16-22)33(2)27-17-24(34)8-11-29(27)38(32(33)40)20-23-6-9-25(41-3)18-30(23)42-4;/h6-18H,5,19-20H2,1-4H3;1H. The third-order valence-corrected chi connectivity index (χ3v) is 8.39. The normalized spacial score (nSPS) is 15.5. The lowest BCUT2D eigenvalue weighted by atomic mass is 9.76. The van der Waals surface area contributed by atoms with E-state index >= 15 is 0 Å². The number of methoxy groups -OCH3 is 2. The maximum Gasteiger partial charge on any atom is 0.254 e. The number of hydrogen-bond acceptors (Lipinski definition) is 5. The van der Waals surface area contributed by atoms with Gasteiger partial charge >= 0.3 is 0 Å². The zero-order valence-electron chi connectivity index (χ0n) is 24.3. The van der Waals surface area contributed by atoms with Gasteiger partial charge < -0.3 is 19.3 Å². The number of fused-ring (bicyclic) bond motifs is 1. The molecule has 0 spiro atoms. The van der Waals surface area contributed by atoms with E-state index in [2.05, 4.69) is 4.98 Å². The number of carbonyl (C=O) groups excluding carboxylic acids is 2. The van der Waals surface area contributed by atoms with Crippen LogP contribution >= 0.6 is 35.6 Å². The summed E-state index contributed by atoms with van der Waals surface area (Å²) in [7, 11) is 3.17. The second-order valence-corrected chi connectivity index (χ2v) is 11.1. The predicted octanol–water partition coefficient (Wildman–Crippen LogP) is 7.34. The molecule has 0 fully saturated rings. The average molecular weight is 641 g/mol. The summed E-state index contributed by atoms with van der Waals surface area (Å²) in [6.45, 7) is 4.95. The van der Waals surface area contributed by atoms with E-state index in [0.717, 1.165) is 11.1 Å². The molecule has 0 radical (unpaired) electrons. The molecule has 0 saturated carbocycles. The minimum atomic E-state index is -1.20. The van der Waals surface area contributed by atoms with Gasteiger partial charge in [-0.15, -0.1) is 12.4 Å². The molecule has 1 aliphatic heterocycles. The highest BCUT2D eigenvalue weighted by Crippen LogP contribution is 2.49. The highest BCUT2D eigenvalue weighted by Gasteiger charge is 2.50. The number of hydrogen-bond donors (Lipinski definition) is 0. The molecule has 0 saturated heterocycles. The Hall–Kier alpha value is -3.78. The average Bonchev–Trinajstić information content (AvgIpc) is 3.22. The number of pyridine rings is 1. The SMILES string of the molecule is CCN(Cc1ccncc1)C(=O)c1ccc(Cl)c(C2(C)C(=O)N(Cc3ccc(OC)cc3OC)c3ccc(Cl)cc32)c1.Cl. The monoisotopic (exact) mass is 639 g/mol. The van der Waals surface area contributed by atoms with Crippen molar-refractivity contribution in [1.82, 2.24) is 9.88 Å². The van der Waals surface area contributed by atoms with E-state index in [1.165, 1.54) is 0 Å². The Labute approximate surface area is 267 Å². The highest BCUT2D eigenvalue weighted by atomic mass is 35.5. The van der Waals surface area contributed by atoms with E-state index in [1.807, 2.05) is 44.2 Å². The molecule has 4 aromatic rings. The van der Waals surface area contributed by atoms with E-state index in [9.17, 15) is 9.59 Å². The Morgan fingerprint density at radius 1 is 0.953 bits per heavy atom. The quantitative estimate of drug-likeness (QED) is 0.191. The smallest absolute Gasteiger partial charge is 0.254 e. The molecule has 1 atom stereocenters. The largest absolute Gasteiger partial charge is 0.497 e. The van der Waals surface area contributed by atoms with Gasteiger partial charge in [-0.05, 0) is 91.2 Å². The maximum absolute atomic E-state index is 14.4. The number of benzene rings is 3. The van der Waals surface area contributed by atoms with Crippen LogP contribution in [0.25, 0.3) is 0 Å². The topological polar surface area (TPSA) is 72.0 Å². The number of ether oxygens (including phenoxy) is 2. The zero-order chi connectivity index (χ0) is 30.0. The van der Waals surface area contributed by atoms with Gasteiger partial charge in [-0.2, -0.15) is 0 Å². The summed E-state index contributed by atoms with van der Waals surface area (Å²) >= 11 is 13.3. The van der Waals surface area contributed by atoms with Gasteiger partial charge in [0.25, 0.3) is 5.91 Å². The molecule has 1 aromatic heterocycles. The van der Waals surface area contributed by atoms with Crippen LogP contribution in [0.4, 0.5) is 5.69 Å². The van der Waals surface area contributed by atoms with Crippen LogP contribution in [-0.4, -0.2) is 42.5 Å². The fourth-order valence-electron chi connectivity index (χ4n) is 5.47. The maximum atomic E-state index is 14.4. The van der Waals surface area contributed by atoms with Crippen LogP contribution in [0, 0.1) is 0 Å². The van der Waals surface area contributed by atoms with E-state index in [-0.39, 0.29) is 30.8 Å². The van der Waals surface area contributed by atoms with Crippen molar-refractivity contribution in [2.24, 2.45) is 0 Å².